The molecule has 106 valence electrons. The summed E-state index contributed by atoms with van der Waals surface area (Å²) in [6.45, 7) is 3.66. The normalized spacial score (nSPS) is 18.5. The molecule has 0 saturated heterocycles. The summed E-state index contributed by atoms with van der Waals surface area (Å²) >= 11 is 0. The Balaban J connectivity index is 2.20. The van der Waals surface area contributed by atoms with Gasteiger partial charge in [-0.25, -0.2) is 0 Å². The molecule has 3 nitrogen and oxygen atoms in total. The third kappa shape index (κ3) is 3.29. The topological polar surface area (TPSA) is 29.5 Å². The zero-order chi connectivity index (χ0) is 14.7. The van der Waals surface area contributed by atoms with Crippen LogP contribution in [0.1, 0.15) is 30.6 Å². The average Bonchev–Trinajstić information content (AvgIpc) is 2.81. The van der Waals surface area contributed by atoms with Crippen LogP contribution in [-0.4, -0.2) is 24.8 Å². The monoisotopic (exact) mass is 271 g/mol. The van der Waals surface area contributed by atoms with Gasteiger partial charge < -0.3 is 9.64 Å². The van der Waals surface area contributed by atoms with E-state index in [0.717, 1.165) is 11.1 Å². The highest BCUT2D eigenvalue weighted by Crippen LogP contribution is 2.37. The highest BCUT2D eigenvalue weighted by molar-refractivity contribution is 5.94. The molecule has 1 aliphatic heterocycles. The van der Waals surface area contributed by atoms with Gasteiger partial charge in [-0.1, -0.05) is 29.8 Å². The van der Waals surface area contributed by atoms with Crippen molar-refractivity contribution < 1.29 is 9.53 Å². The number of ketones is 1. The van der Waals surface area contributed by atoms with E-state index in [1.165, 1.54) is 5.56 Å². The number of Topliss-reactive ketones (excluding diaryl/α,β-unsaturated/α-hetero) is 1. The number of carbonyl (C=O) groups excluding carboxylic acids is 1. The van der Waals surface area contributed by atoms with Gasteiger partial charge >= 0.3 is 0 Å². The van der Waals surface area contributed by atoms with Crippen molar-refractivity contribution in [3.05, 3.63) is 59.0 Å². The van der Waals surface area contributed by atoms with Gasteiger partial charge in [-0.15, -0.1) is 0 Å². The Labute approximate surface area is 120 Å². The van der Waals surface area contributed by atoms with Crippen LogP contribution in [0.4, 0.5) is 0 Å². The first-order valence-electron chi connectivity index (χ1n) is 6.79. The minimum absolute atomic E-state index is 0.0590. The number of carbonyl (C=O) groups is 1. The molecule has 0 saturated carbocycles. The van der Waals surface area contributed by atoms with Gasteiger partial charge in [0, 0.05) is 32.3 Å². The summed E-state index contributed by atoms with van der Waals surface area (Å²) in [5.41, 5.74) is 3.11. The van der Waals surface area contributed by atoms with Crippen molar-refractivity contribution in [2.75, 3.05) is 14.1 Å². The quantitative estimate of drug-likeness (QED) is 0.841. The summed E-state index contributed by atoms with van der Waals surface area (Å²) in [7, 11) is 3.88. The largest absolute Gasteiger partial charge is 0.485 e. The number of allylic oxidation sites excluding steroid dienone is 1. The Morgan fingerprint density at radius 3 is 2.50 bits per heavy atom. The molecule has 1 heterocycles. The van der Waals surface area contributed by atoms with E-state index in [2.05, 4.69) is 31.2 Å². The molecule has 0 radical (unpaired) electrons. The van der Waals surface area contributed by atoms with E-state index in [9.17, 15) is 4.79 Å². The van der Waals surface area contributed by atoms with Crippen molar-refractivity contribution in [1.29, 1.82) is 0 Å². The summed E-state index contributed by atoms with van der Waals surface area (Å²) in [6.07, 6.45) is 4.35. The number of aryl methyl sites for hydroxylation is 1. The second kappa shape index (κ2) is 5.95. The van der Waals surface area contributed by atoms with Crippen LogP contribution < -0.4 is 0 Å². The number of hydrogen-bond acceptors (Lipinski definition) is 3. The van der Waals surface area contributed by atoms with Gasteiger partial charge in [0.25, 0.3) is 0 Å². The number of rotatable bonds is 4. The van der Waals surface area contributed by atoms with Crippen molar-refractivity contribution in [3.63, 3.8) is 0 Å². The predicted molar refractivity (Wildman–Crippen MR) is 80.2 cm³/mol. The van der Waals surface area contributed by atoms with E-state index in [1.807, 2.05) is 31.3 Å². The van der Waals surface area contributed by atoms with E-state index in [4.69, 9.17) is 4.74 Å². The summed E-state index contributed by atoms with van der Waals surface area (Å²) in [4.78, 5) is 13.7. The van der Waals surface area contributed by atoms with Crippen LogP contribution in [0.5, 0.6) is 0 Å². The third-order valence-corrected chi connectivity index (χ3v) is 3.35. The minimum atomic E-state index is -0.0590. The van der Waals surface area contributed by atoms with Crippen LogP contribution in [0.25, 0.3) is 0 Å². The smallest absolute Gasteiger partial charge is 0.159 e. The molecule has 0 aliphatic carbocycles. The van der Waals surface area contributed by atoms with Gasteiger partial charge in [-0.2, -0.15) is 0 Å². The lowest BCUT2D eigenvalue weighted by Gasteiger charge is -2.12. The van der Waals surface area contributed by atoms with Crippen LogP contribution in [0.2, 0.25) is 0 Å². The average molecular weight is 271 g/mol. The highest BCUT2D eigenvalue weighted by atomic mass is 16.5. The lowest BCUT2D eigenvalue weighted by molar-refractivity contribution is -0.113. The molecular formula is C17H21NO2. The van der Waals surface area contributed by atoms with Crippen molar-refractivity contribution in [2.45, 2.75) is 26.4 Å². The fourth-order valence-electron chi connectivity index (χ4n) is 2.19. The first-order valence-corrected chi connectivity index (χ1v) is 6.79. The number of nitrogens with zero attached hydrogens (tertiary/aromatic N) is 1. The van der Waals surface area contributed by atoms with Gasteiger partial charge in [0.1, 0.15) is 11.9 Å². The lowest BCUT2D eigenvalue weighted by atomic mass is 10.0. The molecule has 0 aromatic heterocycles. The minimum Gasteiger partial charge on any atom is -0.485 e. The van der Waals surface area contributed by atoms with Crippen LogP contribution in [0, 0.1) is 6.92 Å². The molecule has 0 amide bonds. The number of benzene rings is 1. The predicted octanol–water partition coefficient (Wildman–Crippen LogP) is 3.37. The van der Waals surface area contributed by atoms with Gasteiger partial charge in [0.05, 0.1) is 0 Å². The van der Waals surface area contributed by atoms with Crippen molar-refractivity contribution in [1.82, 2.24) is 4.90 Å². The van der Waals surface area contributed by atoms with Crippen molar-refractivity contribution >= 4 is 5.78 Å². The Morgan fingerprint density at radius 2 is 1.95 bits per heavy atom. The van der Waals surface area contributed by atoms with E-state index in [0.29, 0.717) is 12.2 Å². The van der Waals surface area contributed by atoms with Crippen molar-refractivity contribution in [3.8, 4) is 0 Å². The summed E-state index contributed by atoms with van der Waals surface area (Å²) in [5.74, 6) is 0.773. The van der Waals surface area contributed by atoms with E-state index in [1.54, 1.807) is 6.92 Å². The SMILES string of the molecule is CC(=O)C1=C(/C=C/N(C)C)OC(c2ccc(C)cc2)C1. The Kier molecular flexibility index (Phi) is 4.28. The zero-order valence-electron chi connectivity index (χ0n) is 12.5. The van der Waals surface area contributed by atoms with Crippen LogP contribution in [-0.2, 0) is 9.53 Å². The van der Waals surface area contributed by atoms with Gasteiger partial charge in [-0.05, 0) is 25.5 Å². The number of ether oxygens (including phenoxy) is 1. The van der Waals surface area contributed by atoms with E-state index in [-0.39, 0.29) is 11.9 Å². The Bertz CT molecular complexity index is 553. The molecular weight excluding hydrogens is 250 g/mol. The molecule has 1 aromatic carbocycles. The Morgan fingerprint density at radius 1 is 1.30 bits per heavy atom. The van der Waals surface area contributed by atoms with Crippen molar-refractivity contribution in [2.24, 2.45) is 0 Å². The second-order valence-corrected chi connectivity index (χ2v) is 5.40. The first kappa shape index (κ1) is 14.4. The summed E-state index contributed by atoms with van der Waals surface area (Å²) < 4.78 is 5.96. The lowest BCUT2D eigenvalue weighted by Crippen LogP contribution is -2.01. The first-order chi connectivity index (χ1) is 9.47. The summed E-state index contributed by atoms with van der Waals surface area (Å²) in [6, 6.07) is 8.27. The van der Waals surface area contributed by atoms with Crippen LogP contribution >= 0.6 is 0 Å². The molecule has 0 fully saturated rings. The fourth-order valence-corrected chi connectivity index (χ4v) is 2.19. The standard InChI is InChI=1S/C17H21NO2/c1-12-5-7-14(8-6-12)17-11-15(13(2)19)16(20-17)9-10-18(3)4/h5-10,17H,11H2,1-4H3/b10-9+. The zero-order valence-corrected chi connectivity index (χ0v) is 12.5. The molecule has 2 rings (SSSR count). The maximum Gasteiger partial charge on any atom is 0.159 e. The number of hydrogen-bond donors (Lipinski definition) is 0. The summed E-state index contributed by atoms with van der Waals surface area (Å²) in [5, 5.41) is 0. The molecule has 0 N–H and O–H groups in total. The third-order valence-electron chi connectivity index (χ3n) is 3.35. The molecule has 0 spiro atoms. The molecule has 1 aromatic rings. The van der Waals surface area contributed by atoms with Gasteiger partial charge in [-0.3, -0.25) is 4.79 Å². The molecule has 0 bridgehead atoms. The maximum absolute atomic E-state index is 11.7. The molecule has 1 unspecified atom stereocenters. The molecule has 1 aliphatic rings. The molecule has 1 atom stereocenters. The second-order valence-electron chi connectivity index (χ2n) is 5.40. The van der Waals surface area contributed by atoms with Gasteiger partial charge in [0.2, 0.25) is 0 Å². The highest BCUT2D eigenvalue weighted by Gasteiger charge is 2.28. The Hall–Kier alpha value is -2.03. The molecule has 20 heavy (non-hydrogen) atoms. The fraction of sp³-hybridized carbons (Fsp3) is 0.353. The van der Waals surface area contributed by atoms with Crippen LogP contribution in [0.15, 0.2) is 47.9 Å². The van der Waals surface area contributed by atoms with E-state index < -0.39 is 0 Å². The molecule has 3 heteroatoms. The van der Waals surface area contributed by atoms with E-state index >= 15 is 0 Å². The maximum atomic E-state index is 11.7. The van der Waals surface area contributed by atoms with Crippen LogP contribution in [0.3, 0.4) is 0 Å². The van der Waals surface area contributed by atoms with Gasteiger partial charge in [0.15, 0.2) is 5.78 Å².